The summed E-state index contributed by atoms with van der Waals surface area (Å²) in [5.74, 6) is -0.153. The highest BCUT2D eigenvalue weighted by molar-refractivity contribution is 6.43. The van der Waals surface area contributed by atoms with Crippen LogP contribution in [0.25, 0.3) is 0 Å². The summed E-state index contributed by atoms with van der Waals surface area (Å²) in [7, 11) is 0. The zero-order valence-corrected chi connectivity index (χ0v) is 15.8. The average Bonchev–Trinajstić information content (AvgIpc) is 2.68. The second kappa shape index (κ2) is 8.95. The summed E-state index contributed by atoms with van der Waals surface area (Å²) in [6, 6.07) is 25.7. The van der Waals surface area contributed by atoms with Crippen molar-refractivity contribution in [1.29, 1.82) is 0 Å². The normalized spacial score (nSPS) is 11.3. The molecule has 3 aromatic rings. The third kappa shape index (κ3) is 5.14. The Balaban J connectivity index is 1.88. The van der Waals surface area contributed by atoms with E-state index in [0.717, 1.165) is 28.9 Å². The summed E-state index contributed by atoms with van der Waals surface area (Å²) < 4.78 is 0. The van der Waals surface area contributed by atoms with Gasteiger partial charge >= 0.3 is 0 Å². The number of aliphatic imine (C=N–C) groups is 1. The summed E-state index contributed by atoms with van der Waals surface area (Å²) in [5, 5.41) is 2.97. The monoisotopic (exact) mass is 356 g/mol. The second-order valence-corrected chi connectivity index (χ2v) is 6.60. The van der Waals surface area contributed by atoms with Crippen LogP contribution in [0.1, 0.15) is 23.1 Å². The van der Waals surface area contributed by atoms with E-state index in [1.807, 2.05) is 80.6 Å². The molecule has 0 atom stereocenters. The van der Waals surface area contributed by atoms with Crippen LogP contribution >= 0.6 is 0 Å². The number of aryl methyl sites for hydroxylation is 3. The maximum atomic E-state index is 12.9. The topological polar surface area (TPSA) is 41.5 Å². The molecule has 0 unspecified atom stereocenters. The zero-order valence-electron chi connectivity index (χ0n) is 15.8. The number of benzene rings is 3. The standard InChI is InChI=1S/C24H24N2O/c1-18-10-9-11-19(2)23(18)26-22(17-16-20-12-5-3-6-13-20)24(27)25-21-14-7-4-8-15-21/h3-15H,16-17H2,1-2H3,(H,25,27). The van der Waals surface area contributed by atoms with E-state index in [1.54, 1.807) is 0 Å². The molecule has 0 radical (unpaired) electrons. The summed E-state index contributed by atoms with van der Waals surface area (Å²) in [6.07, 6.45) is 1.35. The fourth-order valence-electron chi connectivity index (χ4n) is 2.97. The smallest absolute Gasteiger partial charge is 0.270 e. The van der Waals surface area contributed by atoms with Gasteiger partial charge in [-0.3, -0.25) is 4.79 Å². The molecule has 0 aliphatic carbocycles. The number of carbonyl (C=O) groups is 1. The van der Waals surface area contributed by atoms with Crippen molar-refractivity contribution in [1.82, 2.24) is 0 Å². The molecule has 0 aliphatic heterocycles. The fourth-order valence-corrected chi connectivity index (χ4v) is 2.97. The predicted octanol–water partition coefficient (Wildman–Crippen LogP) is 5.65. The molecule has 0 saturated carbocycles. The molecule has 0 bridgehead atoms. The molecule has 3 nitrogen and oxygen atoms in total. The molecule has 3 rings (SSSR count). The molecule has 0 saturated heterocycles. The number of rotatable bonds is 6. The molecule has 3 aromatic carbocycles. The minimum absolute atomic E-state index is 0.153. The lowest BCUT2D eigenvalue weighted by Crippen LogP contribution is -2.23. The van der Waals surface area contributed by atoms with E-state index in [1.165, 1.54) is 5.56 Å². The second-order valence-electron chi connectivity index (χ2n) is 6.60. The van der Waals surface area contributed by atoms with E-state index in [-0.39, 0.29) is 5.91 Å². The van der Waals surface area contributed by atoms with Gasteiger partial charge in [0.05, 0.1) is 5.69 Å². The Labute approximate surface area is 160 Å². The Kier molecular flexibility index (Phi) is 6.16. The molecule has 0 spiro atoms. The number of carbonyl (C=O) groups excluding carboxylic acids is 1. The largest absolute Gasteiger partial charge is 0.321 e. The highest BCUT2D eigenvalue weighted by atomic mass is 16.1. The summed E-state index contributed by atoms with van der Waals surface area (Å²) in [4.78, 5) is 17.7. The van der Waals surface area contributed by atoms with Gasteiger partial charge in [0, 0.05) is 5.69 Å². The van der Waals surface area contributed by atoms with Crippen molar-refractivity contribution in [2.24, 2.45) is 4.99 Å². The first-order valence-corrected chi connectivity index (χ1v) is 9.17. The van der Waals surface area contributed by atoms with Crippen molar-refractivity contribution >= 4 is 23.0 Å². The molecule has 3 heteroatoms. The number of para-hydroxylation sites is 2. The quantitative estimate of drug-likeness (QED) is 0.570. The molecule has 27 heavy (non-hydrogen) atoms. The first kappa shape index (κ1) is 18.6. The van der Waals surface area contributed by atoms with E-state index in [0.29, 0.717) is 12.1 Å². The number of hydrogen-bond donors (Lipinski definition) is 1. The van der Waals surface area contributed by atoms with Gasteiger partial charge in [-0.2, -0.15) is 0 Å². The van der Waals surface area contributed by atoms with Crippen molar-refractivity contribution in [2.75, 3.05) is 5.32 Å². The summed E-state index contributed by atoms with van der Waals surface area (Å²) >= 11 is 0. The maximum Gasteiger partial charge on any atom is 0.270 e. The van der Waals surface area contributed by atoms with Gasteiger partial charge < -0.3 is 5.32 Å². The summed E-state index contributed by atoms with van der Waals surface area (Å²) in [5.41, 5.74) is 5.53. The first-order valence-electron chi connectivity index (χ1n) is 9.17. The fraction of sp³-hybridized carbons (Fsp3) is 0.167. The third-order valence-corrected chi connectivity index (χ3v) is 4.47. The van der Waals surface area contributed by atoms with Crippen molar-refractivity contribution in [2.45, 2.75) is 26.7 Å². The molecule has 0 aliphatic rings. The van der Waals surface area contributed by atoms with Crippen molar-refractivity contribution in [3.05, 3.63) is 95.6 Å². The van der Waals surface area contributed by atoms with Gasteiger partial charge in [0.15, 0.2) is 0 Å². The number of amides is 1. The lowest BCUT2D eigenvalue weighted by Gasteiger charge is -2.11. The summed E-state index contributed by atoms with van der Waals surface area (Å²) in [6.45, 7) is 4.05. The highest BCUT2D eigenvalue weighted by Crippen LogP contribution is 2.24. The Morgan fingerprint density at radius 1 is 0.815 bits per heavy atom. The lowest BCUT2D eigenvalue weighted by molar-refractivity contribution is -0.110. The van der Waals surface area contributed by atoms with Crippen LogP contribution in [0.2, 0.25) is 0 Å². The van der Waals surface area contributed by atoms with Gasteiger partial charge in [-0.1, -0.05) is 66.7 Å². The van der Waals surface area contributed by atoms with Gasteiger partial charge in [-0.25, -0.2) is 4.99 Å². The molecule has 0 fully saturated rings. The van der Waals surface area contributed by atoms with Crippen LogP contribution in [0.3, 0.4) is 0 Å². The molecule has 1 N–H and O–H groups in total. The van der Waals surface area contributed by atoms with Crippen molar-refractivity contribution in [3.8, 4) is 0 Å². The van der Waals surface area contributed by atoms with Crippen LogP contribution in [0.5, 0.6) is 0 Å². The Morgan fingerprint density at radius 3 is 2.04 bits per heavy atom. The van der Waals surface area contributed by atoms with Gasteiger partial charge in [0.25, 0.3) is 5.91 Å². The third-order valence-electron chi connectivity index (χ3n) is 4.47. The molecule has 1 amide bonds. The Bertz CT molecular complexity index is 911. The van der Waals surface area contributed by atoms with E-state index >= 15 is 0 Å². The lowest BCUT2D eigenvalue weighted by atomic mass is 10.1. The predicted molar refractivity (Wildman–Crippen MR) is 113 cm³/mol. The zero-order chi connectivity index (χ0) is 19.1. The number of nitrogens with one attached hydrogen (secondary N) is 1. The van der Waals surface area contributed by atoms with E-state index in [4.69, 9.17) is 4.99 Å². The molecule has 0 aromatic heterocycles. The number of anilines is 1. The van der Waals surface area contributed by atoms with Crippen LogP contribution in [-0.2, 0) is 11.2 Å². The van der Waals surface area contributed by atoms with Gasteiger partial charge in [0.2, 0.25) is 0 Å². The van der Waals surface area contributed by atoms with Crippen molar-refractivity contribution in [3.63, 3.8) is 0 Å². The maximum absolute atomic E-state index is 12.9. The van der Waals surface area contributed by atoms with E-state index in [2.05, 4.69) is 17.4 Å². The average molecular weight is 356 g/mol. The van der Waals surface area contributed by atoms with Crippen LogP contribution in [0.4, 0.5) is 11.4 Å². The van der Waals surface area contributed by atoms with E-state index < -0.39 is 0 Å². The van der Waals surface area contributed by atoms with Crippen molar-refractivity contribution < 1.29 is 4.79 Å². The minimum atomic E-state index is -0.153. The molecular weight excluding hydrogens is 332 g/mol. The SMILES string of the molecule is Cc1cccc(C)c1N=C(CCc1ccccc1)C(=O)Nc1ccccc1. The van der Waals surface area contributed by atoms with Gasteiger partial charge in [0.1, 0.15) is 5.71 Å². The molecule has 136 valence electrons. The number of hydrogen-bond acceptors (Lipinski definition) is 2. The van der Waals surface area contributed by atoms with Crippen LogP contribution in [-0.4, -0.2) is 11.6 Å². The molecule has 0 heterocycles. The molecular formula is C24H24N2O. The van der Waals surface area contributed by atoms with Gasteiger partial charge in [-0.15, -0.1) is 0 Å². The van der Waals surface area contributed by atoms with Gasteiger partial charge in [-0.05, 0) is 55.5 Å². The van der Waals surface area contributed by atoms with Crippen LogP contribution in [0, 0.1) is 13.8 Å². The van der Waals surface area contributed by atoms with E-state index in [9.17, 15) is 4.79 Å². The highest BCUT2D eigenvalue weighted by Gasteiger charge is 2.14. The van der Waals surface area contributed by atoms with Crippen LogP contribution < -0.4 is 5.32 Å². The number of nitrogens with zero attached hydrogens (tertiary/aromatic N) is 1. The Hall–Kier alpha value is -3.20. The Morgan fingerprint density at radius 2 is 1.41 bits per heavy atom. The first-order chi connectivity index (χ1) is 13.1. The minimum Gasteiger partial charge on any atom is -0.321 e. The van der Waals surface area contributed by atoms with Crippen LogP contribution in [0.15, 0.2) is 83.9 Å².